The second kappa shape index (κ2) is 10.1. The van der Waals surface area contributed by atoms with E-state index in [1.165, 1.54) is 37.8 Å². The molecule has 0 N–H and O–H groups in total. The summed E-state index contributed by atoms with van der Waals surface area (Å²) in [6, 6.07) is 6.12. The highest BCUT2D eigenvalue weighted by molar-refractivity contribution is 6.71. The Hall–Kier alpha value is -0.860. The smallest absolute Gasteiger partial charge is 0.253 e. The van der Waals surface area contributed by atoms with Gasteiger partial charge in [-0.1, -0.05) is 51.7 Å². The molecule has 0 aliphatic rings. The van der Waals surface area contributed by atoms with Gasteiger partial charge in [-0.15, -0.1) is 0 Å². The minimum atomic E-state index is -0.681. The summed E-state index contributed by atoms with van der Waals surface area (Å²) in [6.45, 7) is 4.46. The summed E-state index contributed by atoms with van der Waals surface area (Å²) in [4.78, 5) is 21.5. The number of unbranched alkanes of at least 4 members (excludes halogenated alkanes) is 3. The summed E-state index contributed by atoms with van der Waals surface area (Å²) in [5.74, 6) is 0. The lowest BCUT2D eigenvalue weighted by atomic mass is 10.1. The molecule has 0 aliphatic carbocycles. The van der Waals surface area contributed by atoms with Gasteiger partial charge in [0.25, 0.3) is 10.5 Å². The highest BCUT2D eigenvalue weighted by atomic mass is 35.5. The van der Waals surface area contributed by atoms with Crippen molar-refractivity contribution < 1.29 is 9.59 Å². The number of halogens is 2. The van der Waals surface area contributed by atoms with Gasteiger partial charge in [-0.25, -0.2) is 0 Å². The molecule has 0 spiro atoms. The Morgan fingerprint density at radius 2 is 1.22 bits per heavy atom. The quantitative estimate of drug-likeness (QED) is 0.562. The molecule has 1 rings (SSSR count). The molecule has 1 aromatic rings. The Balaban J connectivity index is 0.000000411. The van der Waals surface area contributed by atoms with Gasteiger partial charge in [-0.3, -0.25) is 9.59 Å². The molecular weight excluding hydrogens is 271 g/mol. The molecule has 0 radical (unpaired) electrons. The van der Waals surface area contributed by atoms with E-state index in [1.807, 2.05) is 0 Å². The maximum atomic E-state index is 10.7. The molecule has 0 bridgehead atoms. The van der Waals surface area contributed by atoms with Crippen LogP contribution in [0.4, 0.5) is 0 Å². The Bertz CT molecular complexity index is 352. The lowest BCUT2D eigenvalue weighted by molar-refractivity contribution is 0.105. The number of rotatable bonds is 5. The molecule has 0 atom stereocenters. The van der Waals surface area contributed by atoms with Crippen molar-refractivity contribution in [1.82, 2.24) is 0 Å². The molecule has 0 aliphatic heterocycles. The van der Waals surface area contributed by atoms with Crippen molar-refractivity contribution in [2.24, 2.45) is 0 Å². The van der Waals surface area contributed by atoms with E-state index in [2.05, 4.69) is 13.8 Å². The largest absolute Gasteiger partial charge is 0.276 e. The van der Waals surface area contributed by atoms with Gasteiger partial charge in [0.1, 0.15) is 0 Å². The summed E-state index contributed by atoms with van der Waals surface area (Å²) in [5, 5.41) is -1.36. The number of carbonyl (C=O) groups excluding carboxylic acids is 2. The number of carbonyl (C=O) groups is 2. The molecular formula is C14H18Cl2O2. The van der Waals surface area contributed by atoms with Gasteiger partial charge in [-0.05, 0) is 35.3 Å². The summed E-state index contributed by atoms with van der Waals surface area (Å²) in [5.41, 5.74) is 0.276. The zero-order chi connectivity index (χ0) is 14.0. The van der Waals surface area contributed by atoms with Gasteiger partial charge in [0.05, 0.1) is 0 Å². The zero-order valence-corrected chi connectivity index (χ0v) is 12.2. The monoisotopic (exact) mass is 288 g/mol. The zero-order valence-electron chi connectivity index (χ0n) is 10.7. The van der Waals surface area contributed by atoms with Crippen molar-refractivity contribution in [3.05, 3.63) is 35.4 Å². The van der Waals surface area contributed by atoms with Crippen LogP contribution in [0.5, 0.6) is 0 Å². The molecule has 0 aromatic heterocycles. The predicted octanol–water partition coefficient (Wildman–Crippen LogP) is 5.03. The fraction of sp³-hybridized carbons (Fsp3) is 0.429. The van der Waals surface area contributed by atoms with Crippen LogP contribution in [0.2, 0.25) is 0 Å². The molecule has 100 valence electrons. The van der Waals surface area contributed by atoms with Crippen molar-refractivity contribution in [1.29, 1.82) is 0 Å². The van der Waals surface area contributed by atoms with Gasteiger partial charge in [0, 0.05) is 11.1 Å². The number of benzene rings is 1. The second-order valence-corrected chi connectivity index (χ2v) is 4.49. The first-order valence-electron chi connectivity index (χ1n) is 6.03. The van der Waals surface area contributed by atoms with Crippen LogP contribution in [0.3, 0.4) is 0 Å². The maximum Gasteiger partial charge on any atom is 0.253 e. The van der Waals surface area contributed by atoms with E-state index in [4.69, 9.17) is 23.2 Å². The van der Waals surface area contributed by atoms with Crippen LogP contribution in [0.15, 0.2) is 24.3 Å². The van der Waals surface area contributed by atoms with E-state index in [0.717, 1.165) is 0 Å². The Morgan fingerprint density at radius 1 is 0.889 bits per heavy atom. The van der Waals surface area contributed by atoms with Crippen LogP contribution in [0, 0.1) is 0 Å². The molecule has 2 nitrogen and oxygen atoms in total. The van der Waals surface area contributed by atoms with Crippen LogP contribution < -0.4 is 0 Å². The normalized spacial score (nSPS) is 9.33. The van der Waals surface area contributed by atoms with Crippen molar-refractivity contribution in [2.75, 3.05) is 0 Å². The molecule has 0 saturated heterocycles. The highest BCUT2D eigenvalue weighted by Crippen LogP contribution is 2.13. The predicted molar refractivity (Wildman–Crippen MR) is 76.6 cm³/mol. The minimum absolute atomic E-state index is 0.138. The minimum Gasteiger partial charge on any atom is -0.276 e. The molecule has 1 aromatic carbocycles. The fourth-order valence-corrected chi connectivity index (χ4v) is 1.66. The molecule has 0 unspecified atom stereocenters. The lowest BCUT2D eigenvalue weighted by Gasteiger charge is -1.98. The van der Waals surface area contributed by atoms with Crippen molar-refractivity contribution in [3.63, 3.8) is 0 Å². The third-order valence-electron chi connectivity index (χ3n) is 2.31. The van der Waals surface area contributed by atoms with E-state index in [0.29, 0.717) is 0 Å². The first-order valence-corrected chi connectivity index (χ1v) is 6.78. The Kier molecular flexibility index (Phi) is 9.62. The SMILES string of the molecule is CCCCCC.O=C(Cl)c1ccccc1C(=O)Cl. The molecule has 0 heterocycles. The molecule has 4 heteroatoms. The average Bonchev–Trinajstić information content (AvgIpc) is 2.37. The number of hydrogen-bond acceptors (Lipinski definition) is 2. The molecule has 0 amide bonds. The van der Waals surface area contributed by atoms with Crippen molar-refractivity contribution >= 4 is 33.7 Å². The Labute approximate surface area is 118 Å². The summed E-state index contributed by atoms with van der Waals surface area (Å²) in [6.07, 6.45) is 5.54. The van der Waals surface area contributed by atoms with Gasteiger partial charge in [0.2, 0.25) is 0 Å². The summed E-state index contributed by atoms with van der Waals surface area (Å²) >= 11 is 10.4. The fourth-order valence-electron chi connectivity index (χ4n) is 1.33. The van der Waals surface area contributed by atoms with Crippen molar-refractivity contribution in [3.8, 4) is 0 Å². The third kappa shape index (κ3) is 6.77. The lowest BCUT2D eigenvalue weighted by Crippen LogP contribution is -1.99. The van der Waals surface area contributed by atoms with E-state index in [9.17, 15) is 9.59 Å². The highest BCUT2D eigenvalue weighted by Gasteiger charge is 2.12. The third-order valence-corrected chi connectivity index (χ3v) is 2.71. The van der Waals surface area contributed by atoms with Crippen LogP contribution in [0.1, 0.15) is 60.2 Å². The van der Waals surface area contributed by atoms with Crippen LogP contribution in [-0.4, -0.2) is 10.5 Å². The standard InChI is InChI=1S/C8H4Cl2O2.C6H14/c9-7(11)5-3-1-2-4-6(5)8(10)12;1-3-5-6-4-2/h1-4H;3-6H2,1-2H3. The molecule has 0 fully saturated rings. The maximum absolute atomic E-state index is 10.7. The Morgan fingerprint density at radius 3 is 1.44 bits per heavy atom. The average molecular weight is 289 g/mol. The van der Waals surface area contributed by atoms with Gasteiger partial charge in [-0.2, -0.15) is 0 Å². The van der Waals surface area contributed by atoms with Crippen molar-refractivity contribution in [2.45, 2.75) is 39.5 Å². The van der Waals surface area contributed by atoms with Gasteiger partial charge in [0.15, 0.2) is 0 Å². The van der Waals surface area contributed by atoms with E-state index in [-0.39, 0.29) is 11.1 Å². The topological polar surface area (TPSA) is 34.1 Å². The van der Waals surface area contributed by atoms with Gasteiger partial charge < -0.3 is 0 Å². The summed E-state index contributed by atoms with van der Waals surface area (Å²) < 4.78 is 0. The van der Waals surface area contributed by atoms with Gasteiger partial charge >= 0.3 is 0 Å². The first kappa shape index (κ1) is 17.1. The van der Waals surface area contributed by atoms with E-state index >= 15 is 0 Å². The second-order valence-electron chi connectivity index (χ2n) is 3.80. The van der Waals surface area contributed by atoms with Crippen LogP contribution in [0.25, 0.3) is 0 Å². The summed E-state index contributed by atoms with van der Waals surface area (Å²) in [7, 11) is 0. The van der Waals surface area contributed by atoms with E-state index in [1.54, 1.807) is 12.1 Å². The first-order chi connectivity index (χ1) is 8.54. The molecule has 18 heavy (non-hydrogen) atoms. The van der Waals surface area contributed by atoms with E-state index < -0.39 is 10.5 Å². The van der Waals surface area contributed by atoms with Crippen LogP contribution >= 0.6 is 23.2 Å². The number of hydrogen-bond donors (Lipinski definition) is 0. The van der Waals surface area contributed by atoms with Crippen LogP contribution in [-0.2, 0) is 0 Å². The molecule has 0 saturated carbocycles.